The molecule has 6 nitrogen and oxygen atoms in total. The molecule has 1 N–H and O–H groups in total. The van der Waals surface area contributed by atoms with Gasteiger partial charge in [-0.1, -0.05) is 44.7 Å². The van der Waals surface area contributed by atoms with Crippen LogP contribution in [0.2, 0.25) is 0 Å². The summed E-state index contributed by atoms with van der Waals surface area (Å²) in [6.07, 6.45) is 8.24. The molecule has 0 bridgehead atoms. The van der Waals surface area contributed by atoms with Gasteiger partial charge in [0.15, 0.2) is 5.89 Å². The first-order chi connectivity index (χ1) is 12.8. The van der Waals surface area contributed by atoms with Gasteiger partial charge < -0.3 is 9.15 Å². The van der Waals surface area contributed by atoms with E-state index in [9.17, 15) is 5.26 Å². The average Bonchev–Trinajstić information content (AvgIpc) is 3.04. The summed E-state index contributed by atoms with van der Waals surface area (Å²) in [5.41, 5.74) is 3.89. The highest BCUT2D eigenvalue weighted by atomic mass is 16.5. The summed E-state index contributed by atoms with van der Waals surface area (Å²) in [4.78, 5) is 4.23. The molecule has 0 unspecified atom stereocenters. The molecule has 0 spiro atoms. The number of nitrogens with one attached hydrogen (secondary N) is 1. The fourth-order valence-electron chi connectivity index (χ4n) is 2.52. The summed E-state index contributed by atoms with van der Waals surface area (Å²) in [6.45, 7) is 4.75. The molecule has 0 saturated heterocycles. The van der Waals surface area contributed by atoms with E-state index in [1.54, 1.807) is 6.21 Å². The van der Waals surface area contributed by atoms with Crippen molar-refractivity contribution in [2.75, 3.05) is 12.0 Å². The van der Waals surface area contributed by atoms with Gasteiger partial charge in [-0.2, -0.15) is 10.4 Å². The molecule has 0 aliphatic rings. The smallest absolute Gasteiger partial charge is 0.252 e. The van der Waals surface area contributed by atoms with Crippen LogP contribution in [0.4, 0.5) is 5.88 Å². The molecule has 1 aromatic heterocycles. The van der Waals surface area contributed by atoms with E-state index in [4.69, 9.17) is 9.15 Å². The maximum absolute atomic E-state index is 9.20. The lowest BCUT2D eigenvalue weighted by atomic mass is 10.1. The van der Waals surface area contributed by atoms with Crippen molar-refractivity contribution >= 4 is 12.1 Å². The third-order valence-corrected chi connectivity index (χ3v) is 3.82. The van der Waals surface area contributed by atoms with Crippen LogP contribution in [0.15, 0.2) is 33.8 Å². The van der Waals surface area contributed by atoms with Gasteiger partial charge in [-0.3, -0.25) is 0 Å². The fourth-order valence-corrected chi connectivity index (χ4v) is 2.52. The first-order valence-corrected chi connectivity index (χ1v) is 9.18. The summed E-state index contributed by atoms with van der Waals surface area (Å²) in [6, 6.07) is 9.64. The summed E-state index contributed by atoms with van der Waals surface area (Å²) < 4.78 is 11.1. The van der Waals surface area contributed by atoms with E-state index in [2.05, 4.69) is 22.4 Å². The van der Waals surface area contributed by atoms with Crippen molar-refractivity contribution in [3.8, 4) is 11.8 Å². The highest BCUT2D eigenvalue weighted by Gasteiger charge is 2.12. The lowest BCUT2D eigenvalue weighted by Crippen LogP contribution is -1.94. The van der Waals surface area contributed by atoms with E-state index in [0.717, 1.165) is 30.6 Å². The van der Waals surface area contributed by atoms with Gasteiger partial charge in [-0.15, -0.1) is 0 Å². The second-order valence-electron chi connectivity index (χ2n) is 5.94. The molecule has 0 fully saturated rings. The second-order valence-corrected chi connectivity index (χ2v) is 5.94. The van der Waals surface area contributed by atoms with Gasteiger partial charge in [0.1, 0.15) is 11.8 Å². The van der Waals surface area contributed by atoms with E-state index in [1.165, 1.54) is 19.3 Å². The lowest BCUT2D eigenvalue weighted by molar-refractivity contribution is 0.340. The number of hydrogen-bond acceptors (Lipinski definition) is 6. The molecule has 0 aliphatic carbocycles. The number of oxazole rings is 1. The lowest BCUT2D eigenvalue weighted by Gasteiger charge is -2.02. The standard InChI is InChI=1S/C20H26N4O2/c1-3-5-6-7-8-12-19-23-18(14-21)20(26-19)24-22-15-16-10-9-11-17(13-16)25-4-2/h9-11,13,15,24H,3-8,12H2,1-2H3. The number of benzene rings is 1. The highest BCUT2D eigenvalue weighted by Crippen LogP contribution is 2.19. The van der Waals surface area contributed by atoms with E-state index in [-0.39, 0.29) is 11.6 Å². The number of unbranched alkanes of at least 4 members (excludes halogenated alkanes) is 4. The highest BCUT2D eigenvalue weighted by molar-refractivity contribution is 5.80. The fraction of sp³-hybridized carbons (Fsp3) is 0.450. The monoisotopic (exact) mass is 354 g/mol. The first kappa shape index (κ1) is 19.5. The molecule has 26 heavy (non-hydrogen) atoms. The van der Waals surface area contributed by atoms with Crippen molar-refractivity contribution in [1.29, 1.82) is 5.26 Å². The minimum absolute atomic E-state index is 0.230. The normalized spacial score (nSPS) is 10.8. The van der Waals surface area contributed by atoms with Crippen LogP contribution in [0.25, 0.3) is 0 Å². The Bertz CT molecular complexity index is 747. The number of rotatable bonds is 11. The Kier molecular flexibility index (Phi) is 8.20. The van der Waals surface area contributed by atoms with Gasteiger partial charge in [-0.05, 0) is 31.0 Å². The number of aryl methyl sites for hydroxylation is 1. The zero-order chi connectivity index (χ0) is 18.6. The van der Waals surface area contributed by atoms with Crippen LogP contribution in [0, 0.1) is 11.3 Å². The largest absolute Gasteiger partial charge is 0.494 e. The Morgan fingerprint density at radius 3 is 2.88 bits per heavy atom. The Balaban J connectivity index is 1.92. The van der Waals surface area contributed by atoms with Crippen molar-refractivity contribution in [3.63, 3.8) is 0 Å². The van der Waals surface area contributed by atoms with E-state index >= 15 is 0 Å². The number of nitriles is 1. The molecule has 2 rings (SSSR count). The average molecular weight is 354 g/mol. The molecule has 6 heteroatoms. The van der Waals surface area contributed by atoms with Gasteiger partial charge in [-0.25, -0.2) is 10.4 Å². The SMILES string of the molecule is CCCCCCCc1nc(C#N)c(NN=Cc2cccc(OCC)c2)o1. The van der Waals surface area contributed by atoms with Gasteiger partial charge in [0, 0.05) is 6.42 Å². The molecule has 0 radical (unpaired) electrons. The van der Waals surface area contributed by atoms with Crippen LogP contribution in [0.5, 0.6) is 5.75 Å². The summed E-state index contributed by atoms with van der Waals surface area (Å²) in [5.74, 6) is 1.65. The Morgan fingerprint density at radius 2 is 2.12 bits per heavy atom. The van der Waals surface area contributed by atoms with Gasteiger partial charge >= 0.3 is 0 Å². The summed E-state index contributed by atoms with van der Waals surface area (Å²) in [7, 11) is 0. The van der Waals surface area contributed by atoms with Gasteiger partial charge in [0.2, 0.25) is 5.69 Å². The number of anilines is 1. The Labute approximate surface area is 154 Å². The topological polar surface area (TPSA) is 83.4 Å². The molecule has 0 amide bonds. The van der Waals surface area contributed by atoms with Crippen molar-refractivity contribution < 1.29 is 9.15 Å². The summed E-state index contributed by atoms with van der Waals surface area (Å²) in [5, 5.41) is 13.3. The number of hydrazone groups is 1. The van der Waals surface area contributed by atoms with Crippen molar-refractivity contribution in [1.82, 2.24) is 4.98 Å². The van der Waals surface area contributed by atoms with E-state index < -0.39 is 0 Å². The van der Waals surface area contributed by atoms with Gasteiger partial charge in [0.05, 0.1) is 12.8 Å². The molecule has 1 aromatic carbocycles. The molecule has 1 heterocycles. The number of aromatic nitrogens is 1. The van der Waals surface area contributed by atoms with Crippen LogP contribution in [-0.4, -0.2) is 17.8 Å². The zero-order valence-electron chi connectivity index (χ0n) is 15.5. The Morgan fingerprint density at radius 1 is 1.27 bits per heavy atom. The van der Waals surface area contributed by atoms with Crippen LogP contribution >= 0.6 is 0 Å². The molecule has 2 aromatic rings. The second kappa shape index (κ2) is 10.9. The molecule has 138 valence electrons. The van der Waals surface area contributed by atoms with Crippen LogP contribution < -0.4 is 10.2 Å². The quantitative estimate of drug-likeness (QED) is 0.352. The molecule has 0 atom stereocenters. The minimum Gasteiger partial charge on any atom is -0.494 e. The van der Waals surface area contributed by atoms with E-state index in [0.29, 0.717) is 12.5 Å². The van der Waals surface area contributed by atoms with Gasteiger partial charge in [0.25, 0.3) is 5.88 Å². The number of hydrogen-bond donors (Lipinski definition) is 1. The molecule has 0 aliphatic heterocycles. The number of ether oxygens (including phenoxy) is 1. The number of nitrogens with zero attached hydrogens (tertiary/aromatic N) is 3. The third kappa shape index (κ3) is 6.25. The third-order valence-electron chi connectivity index (χ3n) is 3.82. The van der Waals surface area contributed by atoms with Crippen molar-refractivity contribution in [3.05, 3.63) is 41.4 Å². The predicted octanol–water partition coefficient (Wildman–Crippen LogP) is 4.90. The maximum atomic E-state index is 9.20. The zero-order valence-corrected chi connectivity index (χ0v) is 15.5. The van der Waals surface area contributed by atoms with Crippen LogP contribution in [0.3, 0.4) is 0 Å². The maximum Gasteiger partial charge on any atom is 0.252 e. The van der Waals surface area contributed by atoms with E-state index in [1.807, 2.05) is 37.3 Å². The van der Waals surface area contributed by atoms with Crippen molar-refractivity contribution in [2.24, 2.45) is 5.10 Å². The van der Waals surface area contributed by atoms with Crippen molar-refractivity contribution in [2.45, 2.75) is 52.4 Å². The predicted molar refractivity (Wildman–Crippen MR) is 103 cm³/mol. The molecular weight excluding hydrogens is 328 g/mol. The summed E-state index contributed by atoms with van der Waals surface area (Å²) >= 11 is 0. The minimum atomic E-state index is 0.230. The van der Waals surface area contributed by atoms with Crippen LogP contribution in [-0.2, 0) is 6.42 Å². The molecular formula is C20H26N4O2. The molecule has 0 saturated carbocycles. The Hall–Kier alpha value is -2.81. The first-order valence-electron chi connectivity index (χ1n) is 9.18. The van der Waals surface area contributed by atoms with Crippen LogP contribution in [0.1, 0.15) is 63.1 Å².